The number of hydrogen-bond donors (Lipinski definition) is 0. The number of methoxy groups -OCH3 is 1. The Morgan fingerprint density at radius 1 is 1.33 bits per heavy atom. The third-order valence-electron chi connectivity index (χ3n) is 2.40. The molecular formula is C13H11IN2O2. The van der Waals surface area contributed by atoms with Gasteiger partial charge in [0.2, 0.25) is 5.88 Å². The molecule has 5 heteroatoms. The lowest BCUT2D eigenvalue weighted by Gasteiger charge is -2.03. The molecule has 18 heavy (non-hydrogen) atoms. The van der Waals surface area contributed by atoms with Crippen molar-refractivity contribution in [1.82, 2.24) is 9.97 Å². The second-order valence-corrected chi connectivity index (χ2v) is 4.91. The van der Waals surface area contributed by atoms with Gasteiger partial charge in [-0.1, -0.05) is 12.1 Å². The standard InChI is InChI=1S/C13H11IN2O2/c1-18-13-7-11(15-8-16-13)6-12(17)9-3-2-4-10(14)5-9/h2-5,7-8H,6H2,1H3. The Kier molecular flexibility index (Phi) is 4.24. The number of aromatic nitrogens is 2. The first-order valence-corrected chi connectivity index (χ1v) is 6.40. The maximum atomic E-state index is 12.1. The molecule has 0 aliphatic carbocycles. The fourth-order valence-corrected chi connectivity index (χ4v) is 2.06. The van der Waals surface area contributed by atoms with Crippen LogP contribution in [0.1, 0.15) is 16.1 Å². The van der Waals surface area contributed by atoms with Crippen LogP contribution in [0.3, 0.4) is 0 Å². The van der Waals surface area contributed by atoms with Gasteiger partial charge in [0.05, 0.1) is 19.2 Å². The summed E-state index contributed by atoms with van der Waals surface area (Å²) in [6, 6.07) is 9.16. The summed E-state index contributed by atoms with van der Waals surface area (Å²) in [4.78, 5) is 20.0. The number of benzene rings is 1. The Morgan fingerprint density at radius 2 is 2.17 bits per heavy atom. The molecule has 0 amide bonds. The molecule has 0 atom stereocenters. The van der Waals surface area contributed by atoms with Crippen LogP contribution in [0.5, 0.6) is 5.88 Å². The van der Waals surface area contributed by atoms with Crippen LogP contribution in [0.4, 0.5) is 0 Å². The molecule has 1 aromatic carbocycles. The van der Waals surface area contributed by atoms with Gasteiger partial charge in [-0.3, -0.25) is 4.79 Å². The number of Topliss-reactive ketones (excluding diaryl/α,β-unsaturated/α-hetero) is 1. The van der Waals surface area contributed by atoms with Crippen LogP contribution in [-0.2, 0) is 6.42 Å². The third-order valence-corrected chi connectivity index (χ3v) is 3.07. The zero-order valence-corrected chi connectivity index (χ0v) is 11.9. The summed E-state index contributed by atoms with van der Waals surface area (Å²) in [6.07, 6.45) is 1.65. The number of nitrogens with zero attached hydrogens (tertiary/aromatic N) is 2. The van der Waals surface area contributed by atoms with E-state index in [0.717, 1.165) is 3.57 Å². The minimum absolute atomic E-state index is 0.0364. The summed E-state index contributed by atoms with van der Waals surface area (Å²) in [5.41, 5.74) is 1.35. The third kappa shape index (κ3) is 3.25. The Hall–Kier alpha value is -1.50. The number of carbonyl (C=O) groups is 1. The van der Waals surface area contributed by atoms with Gasteiger partial charge in [-0.05, 0) is 34.7 Å². The summed E-state index contributed by atoms with van der Waals surface area (Å²) < 4.78 is 6.04. The van der Waals surface area contributed by atoms with Crippen molar-refractivity contribution < 1.29 is 9.53 Å². The molecule has 0 aliphatic rings. The van der Waals surface area contributed by atoms with E-state index in [0.29, 0.717) is 17.1 Å². The summed E-state index contributed by atoms with van der Waals surface area (Å²) in [5.74, 6) is 0.504. The number of ketones is 1. The Balaban J connectivity index is 2.16. The van der Waals surface area contributed by atoms with Gasteiger partial charge in [-0.25, -0.2) is 9.97 Å². The molecule has 92 valence electrons. The van der Waals surface area contributed by atoms with Crippen molar-refractivity contribution in [3.8, 4) is 5.88 Å². The van der Waals surface area contributed by atoms with E-state index in [1.165, 1.54) is 13.4 Å². The molecule has 1 heterocycles. The van der Waals surface area contributed by atoms with Crippen molar-refractivity contribution >= 4 is 28.4 Å². The van der Waals surface area contributed by atoms with Crippen LogP contribution < -0.4 is 4.74 Å². The molecular weight excluding hydrogens is 343 g/mol. The van der Waals surface area contributed by atoms with Gasteiger partial charge >= 0.3 is 0 Å². The van der Waals surface area contributed by atoms with Crippen molar-refractivity contribution in [3.05, 3.63) is 51.5 Å². The maximum absolute atomic E-state index is 12.1. The lowest BCUT2D eigenvalue weighted by Crippen LogP contribution is -2.06. The summed E-state index contributed by atoms with van der Waals surface area (Å²) in [6.45, 7) is 0. The van der Waals surface area contributed by atoms with E-state index in [4.69, 9.17) is 4.74 Å². The first kappa shape index (κ1) is 12.9. The fourth-order valence-electron chi connectivity index (χ4n) is 1.51. The van der Waals surface area contributed by atoms with E-state index in [1.807, 2.05) is 24.3 Å². The topological polar surface area (TPSA) is 52.1 Å². The first-order valence-electron chi connectivity index (χ1n) is 5.32. The van der Waals surface area contributed by atoms with Crippen LogP contribution >= 0.6 is 22.6 Å². The number of ether oxygens (including phenoxy) is 1. The van der Waals surface area contributed by atoms with Crippen LogP contribution in [0.2, 0.25) is 0 Å². The van der Waals surface area contributed by atoms with Gasteiger partial charge < -0.3 is 4.74 Å². The molecule has 2 aromatic rings. The van der Waals surface area contributed by atoms with Crippen molar-refractivity contribution in [2.24, 2.45) is 0 Å². The summed E-state index contributed by atoms with van der Waals surface area (Å²) >= 11 is 2.18. The fraction of sp³-hybridized carbons (Fsp3) is 0.154. The van der Waals surface area contributed by atoms with Crippen LogP contribution in [-0.4, -0.2) is 22.9 Å². The normalized spacial score (nSPS) is 10.1. The Labute approximate surface area is 119 Å². The molecule has 0 radical (unpaired) electrons. The van der Waals surface area contributed by atoms with Gasteiger partial charge in [0.1, 0.15) is 6.33 Å². The van der Waals surface area contributed by atoms with Crippen molar-refractivity contribution in [2.45, 2.75) is 6.42 Å². The molecule has 2 rings (SSSR count). The van der Waals surface area contributed by atoms with E-state index in [9.17, 15) is 4.79 Å². The molecule has 0 N–H and O–H groups in total. The lowest BCUT2D eigenvalue weighted by molar-refractivity contribution is 0.0992. The zero-order chi connectivity index (χ0) is 13.0. The second kappa shape index (κ2) is 5.90. The molecule has 0 bridgehead atoms. The molecule has 0 spiro atoms. The monoisotopic (exact) mass is 354 g/mol. The predicted octanol–water partition coefficient (Wildman–Crippen LogP) is 2.52. The maximum Gasteiger partial charge on any atom is 0.216 e. The van der Waals surface area contributed by atoms with Crippen LogP contribution in [0.25, 0.3) is 0 Å². The summed E-state index contributed by atoms with van der Waals surface area (Å²) in [7, 11) is 1.54. The Bertz CT molecular complexity index is 572. The highest BCUT2D eigenvalue weighted by Crippen LogP contribution is 2.12. The van der Waals surface area contributed by atoms with E-state index in [2.05, 4.69) is 32.6 Å². The lowest BCUT2D eigenvalue weighted by atomic mass is 10.1. The zero-order valence-electron chi connectivity index (χ0n) is 9.76. The first-order chi connectivity index (χ1) is 8.69. The molecule has 0 saturated heterocycles. The highest BCUT2D eigenvalue weighted by atomic mass is 127. The average Bonchev–Trinajstić information content (AvgIpc) is 2.39. The van der Waals surface area contributed by atoms with E-state index in [-0.39, 0.29) is 12.2 Å². The second-order valence-electron chi connectivity index (χ2n) is 3.66. The number of rotatable bonds is 4. The van der Waals surface area contributed by atoms with Gasteiger partial charge in [-0.15, -0.1) is 0 Å². The highest BCUT2D eigenvalue weighted by molar-refractivity contribution is 14.1. The largest absolute Gasteiger partial charge is 0.481 e. The predicted molar refractivity (Wildman–Crippen MR) is 75.8 cm³/mol. The smallest absolute Gasteiger partial charge is 0.216 e. The van der Waals surface area contributed by atoms with Gasteiger partial charge in [-0.2, -0.15) is 0 Å². The van der Waals surface area contributed by atoms with Gasteiger partial charge in [0, 0.05) is 15.2 Å². The van der Waals surface area contributed by atoms with E-state index in [1.54, 1.807) is 6.07 Å². The molecule has 4 nitrogen and oxygen atoms in total. The van der Waals surface area contributed by atoms with Crippen molar-refractivity contribution in [1.29, 1.82) is 0 Å². The number of carbonyl (C=O) groups excluding carboxylic acids is 1. The van der Waals surface area contributed by atoms with Crippen LogP contribution in [0.15, 0.2) is 36.7 Å². The average molecular weight is 354 g/mol. The van der Waals surface area contributed by atoms with Crippen molar-refractivity contribution in [3.63, 3.8) is 0 Å². The molecule has 0 saturated carbocycles. The minimum atomic E-state index is 0.0364. The quantitative estimate of drug-likeness (QED) is 0.626. The molecule has 1 aromatic heterocycles. The number of halogens is 1. The minimum Gasteiger partial charge on any atom is -0.481 e. The molecule has 0 unspecified atom stereocenters. The number of hydrogen-bond acceptors (Lipinski definition) is 4. The van der Waals surface area contributed by atoms with Gasteiger partial charge in [0.25, 0.3) is 0 Å². The SMILES string of the molecule is COc1cc(CC(=O)c2cccc(I)c2)ncn1. The molecule has 0 fully saturated rings. The van der Waals surface area contributed by atoms with Gasteiger partial charge in [0.15, 0.2) is 5.78 Å². The Morgan fingerprint density at radius 3 is 2.89 bits per heavy atom. The van der Waals surface area contributed by atoms with E-state index < -0.39 is 0 Å². The van der Waals surface area contributed by atoms with Crippen molar-refractivity contribution in [2.75, 3.05) is 7.11 Å². The highest BCUT2D eigenvalue weighted by Gasteiger charge is 2.09. The van der Waals surface area contributed by atoms with Crippen LogP contribution in [0, 0.1) is 3.57 Å². The summed E-state index contributed by atoms with van der Waals surface area (Å²) in [5, 5.41) is 0. The molecule has 0 aliphatic heterocycles. The van der Waals surface area contributed by atoms with E-state index >= 15 is 0 Å².